The summed E-state index contributed by atoms with van der Waals surface area (Å²) in [4.78, 5) is 29.5. The van der Waals surface area contributed by atoms with Crippen molar-refractivity contribution >= 4 is 5.91 Å². The molecule has 0 radical (unpaired) electrons. The van der Waals surface area contributed by atoms with Crippen molar-refractivity contribution in [3.05, 3.63) is 47.8 Å². The molecule has 0 spiro atoms. The lowest BCUT2D eigenvalue weighted by Crippen LogP contribution is -2.42. The standard InChI is InChI=1S/C25H37N5O3/c1-2-3-4-24-27-13-22(28-24)15-29-16-23(33-19-21-5-9-26-10-6-21)17-30(25(31)18-29)14-20-7-11-32-12-8-20/h5-6,9-10,13,20,23H,2-4,7-8,11-12,14-19H2,1H3,(H,27,28). The molecule has 0 aliphatic carbocycles. The van der Waals surface area contributed by atoms with Crippen LogP contribution in [-0.4, -0.2) is 76.2 Å². The van der Waals surface area contributed by atoms with Gasteiger partial charge in [0.15, 0.2) is 0 Å². The topological polar surface area (TPSA) is 83.6 Å². The van der Waals surface area contributed by atoms with Crippen molar-refractivity contribution in [2.75, 3.05) is 39.4 Å². The third-order valence-electron chi connectivity index (χ3n) is 6.49. The molecule has 2 aliphatic heterocycles. The number of imidazole rings is 1. The number of carbonyl (C=O) groups is 1. The molecule has 2 aliphatic rings. The lowest BCUT2D eigenvalue weighted by molar-refractivity contribution is -0.133. The van der Waals surface area contributed by atoms with Crippen molar-refractivity contribution < 1.29 is 14.3 Å². The van der Waals surface area contributed by atoms with E-state index in [4.69, 9.17) is 9.47 Å². The number of hydrogen-bond acceptors (Lipinski definition) is 6. The Morgan fingerprint density at radius 3 is 2.82 bits per heavy atom. The molecule has 8 nitrogen and oxygen atoms in total. The van der Waals surface area contributed by atoms with Crippen molar-refractivity contribution in [3.8, 4) is 0 Å². The number of hydrogen-bond donors (Lipinski definition) is 1. The van der Waals surface area contributed by atoms with E-state index in [-0.39, 0.29) is 12.0 Å². The van der Waals surface area contributed by atoms with Gasteiger partial charge in [-0.3, -0.25) is 14.7 Å². The molecule has 2 aromatic heterocycles. The molecule has 180 valence electrons. The van der Waals surface area contributed by atoms with Crippen LogP contribution in [0.2, 0.25) is 0 Å². The molecule has 8 heteroatoms. The summed E-state index contributed by atoms with van der Waals surface area (Å²) in [5, 5.41) is 0. The number of pyridine rings is 1. The van der Waals surface area contributed by atoms with E-state index in [1.165, 1.54) is 0 Å². The first-order chi connectivity index (χ1) is 16.2. The first-order valence-corrected chi connectivity index (χ1v) is 12.3. The largest absolute Gasteiger partial charge is 0.381 e. The Balaban J connectivity index is 1.41. The first-order valence-electron chi connectivity index (χ1n) is 12.3. The summed E-state index contributed by atoms with van der Waals surface area (Å²) in [6.45, 7) is 7.49. The fourth-order valence-electron chi connectivity index (χ4n) is 4.58. The predicted molar refractivity (Wildman–Crippen MR) is 125 cm³/mol. The summed E-state index contributed by atoms with van der Waals surface area (Å²) in [7, 11) is 0. The van der Waals surface area contributed by atoms with E-state index in [9.17, 15) is 4.79 Å². The molecule has 33 heavy (non-hydrogen) atoms. The van der Waals surface area contributed by atoms with Crippen LogP contribution < -0.4 is 0 Å². The Kier molecular flexibility index (Phi) is 8.86. The zero-order chi connectivity index (χ0) is 22.9. The number of nitrogens with one attached hydrogen (secondary N) is 1. The van der Waals surface area contributed by atoms with E-state index in [0.717, 1.165) is 68.9 Å². The summed E-state index contributed by atoms with van der Waals surface area (Å²) < 4.78 is 11.8. The van der Waals surface area contributed by atoms with Gasteiger partial charge in [-0.25, -0.2) is 4.98 Å². The van der Waals surface area contributed by atoms with E-state index in [0.29, 0.717) is 38.7 Å². The number of rotatable bonds is 10. The maximum atomic E-state index is 13.2. The lowest BCUT2D eigenvalue weighted by atomic mass is 9.99. The van der Waals surface area contributed by atoms with Gasteiger partial charge in [-0.05, 0) is 42.9 Å². The highest BCUT2D eigenvalue weighted by Crippen LogP contribution is 2.19. The molecule has 0 aromatic carbocycles. The van der Waals surface area contributed by atoms with Crippen molar-refractivity contribution in [1.29, 1.82) is 0 Å². The molecule has 1 unspecified atom stereocenters. The van der Waals surface area contributed by atoms with Gasteiger partial charge in [0.05, 0.1) is 19.3 Å². The number of aryl methyl sites for hydroxylation is 1. The molecule has 2 fully saturated rings. The minimum absolute atomic E-state index is 0.0491. The number of carbonyl (C=O) groups excluding carboxylic acids is 1. The summed E-state index contributed by atoms with van der Waals surface area (Å²) in [6, 6.07) is 3.95. The highest BCUT2D eigenvalue weighted by atomic mass is 16.5. The lowest BCUT2D eigenvalue weighted by Gasteiger charge is -2.30. The summed E-state index contributed by atoms with van der Waals surface area (Å²) >= 11 is 0. The second-order valence-corrected chi connectivity index (χ2v) is 9.27. The summed E-state index contributed by atoms with van der Waals surface area (Å²) in [6.07, 6.45) is 10.7. The van der Waals surface area contributed by atoms with E-state index >= 15 is 0 Å². The van der Waals surface area contributed by atoms with E-state index < -0.39 is 0 Å². The average molecular weight is 456 g/mol. The highest BCUT2D eigenvalue weighted by Gasteiger charge is 2.30. The number of nitrogens with zero attached hydrogens (tertiary/aromatic N) is 4. The monoisotopic (exact) mass is 455 g/mol. The Labute approximate surface area is 196 Å². The Hall–Kier alpha value is -2.29. The molecular weight excluding hydrogens is 418 g/mol. The highest BCUT2D eigenvalue weighted by molar-refractivity contribution is 5.78. The Morgan fingerprint density at radius 1 is 1.21 bits per heavy atom. The number of unbranched alkanes of at least 4 members (excludes halogenated alkanes) is 1. The maximum Gasteiger partial charge on any atom is 0.236 e. The molecule has 1 N–H and O–H groups in total. The van der Waals surface area contributed by atoms with Crippen molar-refractivity contribution in [3.63, 3.8) is 0 Å². The minimum atomic E-state index is -0.0491. The molecule has 4 rings (SSSR count). The van der Waals surface area contributed by atoms with Gasteiger partial charge in [0.1, 0.15) is 5.82 Å². The minimum Gasteiger partial charge on any atom is -0.381 e. The normalized spacial score (nSPS) is 20.8. The van der Waals surface area contributed by atoms with Crippen LogP contribution in [0.1, 0.15) is 49.7 Å². The SMILES string of the molecule is CCCCc1ncc(CN2CC(=O)N(CC3CCOCC3)CC(OCc3ccncc3)C2)[nH]1. The molecule has 1 amide bonds. The average Bonchev–Trinajstić information content (AvgIpc) is 3.23. The van der Waals surface area contributed by atoms with Crippen LogP contribution in [0, 0.1) is 5.92 Å². The van der Waals surface area contributed by atoms with E-state index in [1.54, 1.807) is 12.4 Å². The fourth-order valence-corrected chi connectivity index (χ4v) is 4.58. The number of H-pyrrole nitrogens is 1. The van der Waals surface area contributed by atoms with Crippen molar-refractivity contribution in [2.24, 2.45) is 5.92 Å². The summed E-state index contributed by atoms with van der Waals surface area (Å²) in [5.41, 5.74) is 2.15. The molecular formula is C25H37N5O3. The van der Waals surface area contributed by atoms with Crippen LogP contribution in [0.3, 0.4) is 0 Å². The molecule has 0 saturated carbocycles. The molecule has 2 aromatic rings. The van der Waals surface area contributed by atoms with Gasteiger partial charge in [0.25, 0.3) is 0 Å². The van der Waals surface area contributed by atoms with Crippen LogP contribution in [0.15, 0.2) is 30.7 Å². The number of aromatic nitrogens is 3. The van der Waals surface area contributed by atoms with Gasteiger partial charge in [-0.15, -0.1) is 0 Å². The van der Waals surface area contributed by atoms with Gasteiger partial charge >= 0.3 is 0 Å². The smallest absolute Gasteiger partial charge is 0.236 e. The predicted octanol–water partition coefficient (Wildman–Crippen LogP) is 2.80. The third-order valence-corrected chi connectivity index (χ3v) is 6.49. The van der Waals surface area contributed by atoms with Gasteiger partial charge in [-0.1, -0.05) is 13.3 Å². The Bertz CT molecular complexity index is 853. The second-order valence-electron chi connectivity index (χ2n) is 9.27. The molecule has 0 bridgehead atoms. The van der Waals surface area contributed by atoms with Gasteiger partial charge in [-0.2, -0.15) is 0 Å². The van der Waals surface area contributed by atoms with Crippen LogP contribution in [0.25, 0.3) is 0 Å². The van der Waals surface area contributed by atoms with Crippen LogP contribution >= 0.6 is 0 Å². The maximum absolute atomic E-state index is 13.2. The quantitative estimate of drug-likeness (QED) is 0.593. The Morgan fingerprint density at radius 2 is 2.03 bits per heavy atom. The van der Waals surface area contributed by atoms with E-state index in [2.05, 4.69) is 26.8 Å². The molecule has 1 atom stereocenters. The third kappa shape index (κ3) is 7.35. The molecule has 2 saturated heterocycles. The van der Waals surface area contributed by atoms with Crippen LogP contribution in [0.4, 0.5) is 0 Å². The number of ether oxygens (including phenoxy) is 2. The zero-order valence-corrected chi connectivity index (χ0v) is 19.7. The summed E-state index contributed by atoms with van der Waals surface area (Å²) in [5.74, 6) is 1.71. The van der Waals surface area contributed by atoms with Crippen LogP contribution in [-0.2, 0) is 33.8 Å². The van der Waals surface area contributed by atoms with Crippen molar-refractivity contribution in [1.82, 2.24) is 24.8 Å². The second kappa shape index (κ2) is 12.3. The fraction of sp³-hybridized carbons (Fsp3) is 0.640. The zero-order valence-electron chi connectivity index (χ0n) is 19.7. The van der Waals surface area contributed by atoms with E-state index in [1.807, 2.05) is 23.2 Å². The van der Waals surface area contributed by atoms with Crippen LogP contribution in [0.5, 0.6) is 0 Å². The van der Waals surface area contributed by atoms with Crippen molar-refractivity contribution in [2.45, 2.75) is 58.3 Å². The number of amides is 1. The number of aromatic amines is 1. The molecule has 4 heterocycles. The van der Waals surface area contributed by atoms with Gasteiger partial charge in [0.2, 0.25) is 5.91 Å². The first kappa shape index (κ1) is 23.9. The van der Waals surface area contributed by atoms with Gasteiger partial charge in [0, 0.05) is 70.1 Å². The van der Waals surface area contributed by atoms with Gasteiger partial charge < -0.3 is 19.4 Å².